The minimum Gasteiger partial charge on any atom is -0.494 e. The van der Waals surface area contributed by atoms with Crippen molar-refractivity contribution in [2.45, 2.75) is 102 Å². The summed E-state index contributed by atoms with van der Waals surface area (Å²) in [7, 11) is 0. The number of ether oxygens (including phenoxy) is 1. The van der Waals surface area contributed by atoms with Gasteiger partial charge < -0.3 is 4.74 Å². The van der Waals surface area contributed by atoms with Crippen LogP contribution in [-0.2, 0) is 5.33 Å². The van der Waals surface area contributed by atoms with E-state index in [4.69, 9.17) is 4.74 Å². The lowest BCUT2D eigenvalue weighted by Gasteiger charge is -2.07. The lowest BCUT2D eigenvalue weighted by atomic mass is 10.0. The average molecular weight is 411 g/mol. The van der Waals surface area contributed by atoms with E-state index in [1.807, 2.05) is 0 Å². The first-order valence-electron chi connectivity index (χ1n) is 10.6. The fourth-order valence-electron chi connectivity index (χ4n) is 3.16. The van der Waals surface area contributed by atoms with Crippen LogP contribution in [0.3, 0.4) is 0 Å². The molecule has 0 aliphatic carbocycles. The molecule has 0 unspecified atom stereocenters. The van der Waals surface area contributed by atoms with Crippen LogP contribution in [-0.4, -0.2) is 6.61 Å². The molecule has 0 atom stereocenters. The van der Waals surface area contributed by atoms with Crippen LogP contribution < -0.4 is 4.74 Å². The second-order valence-electron chi connectivity index (χ2n) is 7.22. The van der Waals surface area contributed by atoms with Crippen molar-refractivity contribution in [2.24, 2.45) is 0 Å². The van der Waals surface area contributed by atoms with Gasteiger partial charge in [-0.3, -0.25) is 0 Å². The van der Waals surface area contributed by atoms with Crippen molar-refractivity contribution in [1.82, 2.24) is 0 Å². The van der Waals surface area contributed by atoms with Crippen molar-refractivity contribution in [3.05, 3.63) is 29.8 Å². The molecule has 0 heterocycles. The summed E-state index contributed by atoms with van der Waals surface area (Å²) < 4.78 is 5.80. The highest BCUT2D eigenvalue weighted by Crippen LogP contribution is 2.15. The van der Waals surface area contributed by atoms with Gasteiger partial charge in [0.1, 0.15) is 5.75 Å². The summed E-state index contributed by atoms with van der Waals surface area (Å²) in [5.74, 6) is 0.999. The van der Waals surface area contributed by atoms with Crippen molar-refractivity contribution in [2.75, 3.05) is 6.61 Å². The van der Waals surface area contributed by atoms with Crippen molar-refractivity contribution in [1.29, 1.82) is 0 Å². The second-order valence-corrected chi connectivity index (χ2v) is 7.78. The van der Waals surface area contributed by atoms with Crippen molar-refractivity contribution >= 4 is 15.9 Å². The molecule has 144 valence electrons. The highest BCUT2D eigenvalue weighted by Gasteiger charge is 1.96. The molecule has 2 heteroatoms. The first-order valence-corrected chi connectivity index (χ1v) is 11.8. The molecule has 0 fully saturated rings. The Balaban J connectivity index is 1.78. The number of hydrogen-bond donors (Lipinski definition) is 0. The SMILES string of the molecule is CCCCCCCCCCCCCCCCOc1ccc(CBr)cc1. The first kappa shape index (κ1) is 22.5. The molecule has 0 aliphatic heterocycles. The number of rotatable bonds is 17. The summed E-state index contributed by atoms with van der Waals surface area (Å²) in [5, 5.41) is 0.909. The van der Waals surface area contributed by atoms with Gasteiger partial charge >= 0.3 is 0 Å². The van der Waals surface area contributed by atoms with Crippen LogP contribution >= 0.6 is 15.9 Å². The maximum Gasteiger partial charge on any atom is 0.119 e. The molecule has 25 heavy (non-hydrogen) atoms. The number of unbranched alkanes of at least 4 members (excludes halogenated alkanes) is 13. The zero-order chi connectivity index (χ0) is 18.0. The molecular formula is C23H39BrO. The van der Waals surface area contributed by atoms with E-state index in [-0.39, 0.29) is 0 Å². The fourth-order valence-corrected chi connectivity index (χ4v) is 3.54. The number of alkyl halides is 1. The third kappa shape index (κ3) is 13.4. The van der Waals surface area contributed by atoms with Gasteiger partial charge in [-0.15, -0.1) is 0 Å². The Kier molecular flexibility index (Phi) is 15.3. The van der Waals surface area contributed by atoms with Gasteiger partial charge in [-0.1, -0.05) is 118 Å². The maximum atomic E-state index is 5.80. The summed E-state index contributed by atoms with van der Waals surface area (Å²) in [6.07, 6.45) is 19.6. The number of halogens is 1. The Morgan fingerprint density at radius 1 is 0.640 bits per heavy atom. The number of benzene rings is 1. The molecule has 0 N–H and O–H groups in total. The standard InChI is InChI=1S/C23H39BrO/c1-2-3-4-5-6-7-8-9-10-11-12-13-14-15-20-25-23-18-16-22(21-24)17-19-23/h16-19H,2-15,20-21H2,1H3. The molecule has 0 saturated heterocycles. The highest BCUT2D eigenvalue weighted by molar-refractivity contribution is 9.08. The van der Waals surface area contributed by atoms with E-state index in [1.165, 1.54) is 95.5 Å². The van der Waals surface area contributed by atoms with Crippen LogP contribution in [0.5, 0.6) is 5.75 Å². The minimum atomic E-state index is 0.853. The summed E-state index contributed by atoms with van der Waals surface area (Å²) in [6, 6.07) is 8.38. The predicted molar refractivity (Wildman–Crippen MR) is 115 cm³/mol. The van der Waals surface area contributed by atoms with Crippen LogP contribution in [0.4, 0.5) is 0 Å². The van der Waals surface area contributed by atoms with Crippen molar-refractivity contribution < 1.29 is 4.74 Å². The van der Waals surface area contributed by atoms with E-state index in [1.54, 1.807) is 0 Å². The normalized spacial score (nSPS) is 11.0. The van der Waals surface area contributed by atoms with Gasteiger partial charge in [0.25, 0.3) is 0 Å². The second kappa shape index (κ2) is 16.9. The van der Waals surface area contributed by atoms with Crippen LogP contribution in [0.25, 0.3) is 0 Å². The van der Waals surface area contributed by atoms with Gasteiger partial charge in [-0.2, -0.15) is 0 Å². The van der Waals surface area contributed by atoms with Crippen LogP contribution in [0, 0.1) is 0 Å². The monoisotopic (exact) mass is 410 g/mol. The minimum absolute atomic E-state index is 0.853. The molecule has 0 aromatic heterocycles. The van der Waals surface area contributed by atoms with Crippen molar-refractivity contribution in [3.8, 4) is 5.75 Å². The lowest BCUT2D eigenvalue weighted by Crippen LogP contribution is -1.97. The van der Waals surface area contributed by atoms with Crippen molar-refractivity contribution in [3.63, 3.8) is 0 Å². The molecule has 0 radical (unpaired) electrons. The summed E-state index contributed by atoms with van der Waals surface area (Å²) in [6.45, 7) is 3.14. The molecule has 1 aromatic carbocycles. The van der Waals surface area contributed by atoms with Crippen LogP contribution in [0.15, 0.2) is 24.3 Å². The molecule has 1 nitrogen and oxygen atoms in total. The Bertz CT molecular complexity index is 388. The first-order chi connectivity index (χ1) is 12.4. The summed E-state index contributed by atoms with van der Waals surface area (Å²) in [5.41, 5.74) is 1.30. The van der Waals surface area contributed by atoms with Gasteiger partial charge in [-0.05, 0) is 24.1 Å². The zero-order valence-electron chi connectivity index (χ0n) is 16.4. The fraction of sp³-hybridized carbons (Fsp3) is 0.739. The van der Waals surface area contributed by atoms with E-state index in [9.17, 15) is 0 Å². The Hall–Kier alpha value is -0.500. The van der Waals surface area contributed by atoms with E-state index in [2.05, 4.69) is 47.1 Å². The third-order valence-corrected chi connectivity index (χ3v) is 5.49. The van der Waals surface area contributed by atoms with Gasteiger partial charge in [0.2, 0.25) is 0 Å². The van der Waals surface area contributed by atoms with Gasteiger partial charge in [0.15, 0.2) is 0 Å². The molecule has 0 bridgehead atoms. The Morgan fingerprint density at radius 2 is 1.08 bits per heavy atom. The largest absolute Gasteiger partial charge is 0.494 e. The Labute approximate surface area is 165 Å². The van der Waals surface area contributed by atoms with Gasteiger partial charge in [0.05, 0.1) is 6.61 Å². The molecular weight excluding hydrogens is 372 g/mol. The molecule has 0 saturated carbocycles. The number of hydrogen-bond acceptors (Lipinski definition) is 1. The van der Waals surface area contributed by atoms with E-state index in [0.717, 1.165) is 17.7 Å². The van der Waals surface area contributed by atoms with E-state index in [0.29, 0.717) is 0 Å². The zero-order valence-corrected chi connectivity index (χ0v) is 18.0. The Morgan fingerprint density at radius 3 is 1.52 bits per heavy atom. The van der Waals surface area contributed by atoms with Gasteiger partial charge in [0, 0.05) is 5.33 Å². The molecule has 1 rings (SSSR count). The van der Waals surface area contributed by atoms with Crippen LogP contribution in [0.2, 0.25) is 0 Å². The third-order valence-electron chi connectivity index (χ3n) is 4.84. The molecule has 1 aromatic rings. The smallest absolute Gasteiger partial charge is 0.119 e. The van der Waals surface area contributed by atoms with Crippen LogP contribution in [0.1, 0.15) is 102 Å². The maximum absolute atomic E-state index is 5.80. The quantitative estimate of drug-likeness (QED) is 0.185. The molecule has 0 aliphatic rings. The topological polar surface area (TPSA) is 9.23 Å². The lowest BCUT2D eigenvalue weighted by molar-refractivity contribution is 0.304. The molecule has 0 amide bonds. The summed E-state index contributed by atoms with van der Waals surface area (Å²) in [4.78, 5) is 0. The van der Waals surface area contributed by atoms with E-state index >= 15 is 0 Å². The predicted octanol–water partition coefficient (Wildman–Crippen LogP) is 8.44. The van der Waals surface area contributed by atoms with Gasteiger partial charge in [-0.25, -0.2) is 0 Å². The van der Waals surface area contributed by atoms with E-state index < -0.39 is 0 Å². The highest BCUT2D eigenvalue weighted by atomic mass is 79.9. The average Bonchev–Trinajstić information content (AvgIpc) is 2.65. The molecule has 0 spiro atoms. The summed E-state index contributed by atoms with van der Waals surface area (Å²) >= 11 is 3.46.